The van der Waals surface area contributed by atoms with Crippen LogP contribution in [0, 0.1) is 3.70 Å². The Morgan fingerprint density at radius 3 is 2.91 bits per heavy atom. The first-order valence-corrected chi connectivity index (χ1v) is 8.59. The molecule has 0 unspecified atom stereocenters. The predicted octanol–water partition coefficient (Wildman–Crippen LogP) is 3.02. The molecule has 2 N–H and O–H groups in total. The van der Waals surface area contributed by atoms with Gasteiger partial charge in [0, 0.05) is 34.8 Å². The van der Waals surface area contributed by atoms with E-state index in [9.17, 15) is 4.79 Å². The summed E-state index contributed by atoms with van der Waals surface area (Å²) in [6.45, 7) is 0.628. The van der Waals surface area contributed by atoms with E-state index < -0.39 is 0 Å². The maximum absolute atomic E-state index is 12.5. The van der Waals surface area contributed by atoms with Crippen molar-refractivity contribution in [1.82, 2.24) is 20.5 Å². The molecule has 2 aromatic heterocycles. The highest BCUT2D eigenvalue weighted by atomic mass is 127. The van der Waals surface area contributed by atoms with Crippen LogP contribution in [0.25, 0.3) is 10.9 Å². The molecule has 1 saturated carbocycles. The van der Waals surface area contributed by atoms with Gasteiger partial charge in [0.15, 0.2) is 0 Å². The molecule has 5 nitrogen and oxygen atoms in total. The number of hydrogen-bond acceptors (Lipinski definition) is 3. The SMILES string of the molecule is O=C(NCC1(c2ccccn2)CC1)c1ccc2[nH]nc(I)c2c1. The average Bonchev–Trinajstić information content (AvgIpc) is 3.31. The summed E-state index contributed by atoms with van der Waals surface area (Å²) in [6, 6.07) is 11.6. The van der Waals surface area contributed by atoms with E-state index in [1.165, 1.54) is 0 Å². The van der Waals surface area contributed by atoms with Crippen LogP contribution in [0.4, 0.5) is 0 Å². The highest BCUT2D eigenvalue weighted by Gasteiger charge is 2.45. The van der Waals surface area contributed by atoms with E-state index in [2.05, 4.69) is 43.1 Å². The summed E-state index contributed by atoms with van der Waals surface area (Å²) in [5, 5.41) is 11.1. The van der Waals surface area contributed by atoms with Gasteiger partial charge >= 0.3 is 0 Å². The zero-order valence-corrected chi connectivity index (χ0v) is 14.5. The van der Waals surface area contributed by atoms with Gasteiger partial charge in [-0.25, -0.2) is 0 Å². The molecule has 1 amide bonds. The number of benzene rings is 1. The molecule has 1 aliphatic rings. The standard InChI is InChI=1S/C17H15IN4O/c18-15-12-9-11(4-5-13(12)21-22-15)16(23)20-10-17(6-7-17)14-3-1-2-8-19-14/h1-5,8-9H,6-7,10H2,(H,20,23)(H,21,22). The van der Waals surface area contributed by atoms with Crippen molar-refractivity contribution >= 4 is 39.4 Å². The van der Waals surface area contributed by atoms with Gasteiger partial charge in [0.2, 0.25) is 0 Å². The molecule has 2 heterocycles. The van der Waals surface area contributed by atoms with Crippen molar-refractivity contribution in [2.45, 2.75) is 18.3 Å². The number of aromatic amines is 1. The molecule has 116 valence electrons. The predicted molar refractivity (Wildman–Crippen MR) is 96.3 cm³/mol. The molecule has 0 radical (unpaired) electrons. The van der Waals surface area contributed by atoms with Gasteiger partial charge in [-0.15, -0.1) is 0 Å². The second-order valence-corrected chi connectivity index (χ2v) is 6.97. The fraction of sp³-hybridized carbons (Fsp3) is 0.235. The number of nitrogens with one attached hydrogen (secondary N) is 2. The van der Waals surface area contributed by atoms with E-state index in [1.807, 2.05) is 42.6 Å². The van der Waals surface area contributed by atoms with Crippen LogP contribution in [-0.4, -0.2) is 27.6 Å². The highest BCUT2D eigenvalue weighted by molar-refractivity contribution is 14.1. The minimum atomic E-state index is -0.0499. The first-order valence-electron chi connectivity index (χ1n) is 7.51. The fourth-order valence-electron chi connectivity index (χ4n) is 2.83. The maximum atomic E-state index is 12.5. The number of amides is 1. The van der Waals surface area contributed by atoms with E-state index in [0.29, 0.717) is 12.1 Å². The third kappa shape index (κ3) is 2.71. The van der Waals surface area contributed by atoms with Crippen molar-refractivity contribution in [2.24, 2.45) is 0 Å². The third-order valence-corrected chi connectivity index (χ3v) is 5.25. The van der Waals surface area contributed by atoms with Crippen molar-refractivity contribution < 1.29 is 4.79 Å². The van der Waals surface area contributed by atoms with Crippen molar-refractivity contribution in [2.75, 3.05) is 6.54 Å². The zero-order chi connectivity index (χ0) is 15.9. The lowest BCUT2D eigenvalue weighted by Crippen LogP contribution is -2.32. The van der Waals surface area contributed by atoms with Crippen molar-refractivity contribution in [3.05, 3.63) is 57.6 Å². The molecule has 0 atom stereocenters. The van der Waals surface area contributed by atoms with Crippen LogP contribution in [0.1, 0.15) is 28.9 Å². The second kappa shape index (κ2) is 5.59. The molecule has 1 aliphatic carbocycles. The first-order chi connectivity index (χ1) is 11.2. The van der Waals surface area contributed by atoms with Crippen molar-refractivity contribution in [1.29, 1.82) is 0 Å². The van der Waals surface area contributed by atoms with E-state index in [-0.39, 0.29) is 11.3 Å². The Kier molecular flexibility index (Phi) is 3.56. The summed E-state index contributed by atoms with van der Waals surface area (Å²) < 4.78 is 0.874. The Labute approximate surface area is 147 Å². The number of carbonyl (C=O) groups is 1. The molecule has 1 fully saturated rings. The largest absolute Gasteiger partial charge is 0.351 e. The second-order valence-electron chi connectivity index (χ2n) is 5.95. The number of rotatable bonds is 4. The topological polar surface area (TPSA) is 70.7 Å². The Morgan fingerprint density at radius 1 is 1.30 bits per heavy atom. The van der Waals surface area contributed by atoms with Gasteiger partial charge in [-0.2, -0.15) is 5.10 Å². The first kappa shape index (κ1) is 14.6. The van der Waals surface area contributed by atoms with E-state index in [4.69, 9.17) is 0 Å². The Balaban J connectivity index is 1.50. The lowest BCUT2D eigenvalue weighted by Gasteiger charge is -2.15. The summed E-state index contributed by atoms with van der Waals surface area (Å²) >= 11 is 2.16. The lowest BCUT2D eigenvalue weighted by atomic mass is 10.0. The molecule has 3 aromatic rings. The maximum Gasteiger partial charge on any atom is 0.251 e. The van der Waals surface area contributed by atoms with Gasteiger partial charge in [0.05, 0.1) is 5.52 Å². The Hall–Kier alpha value is -1.96. The van der Waals surface area contributed by atoms with Crippen LogP contribution < -0.4 is 5.32 Å². The van der Waals surface area contributed by atoms with Crippen molar-refractivity contribution in [3.8, 4) is 0 Å². The molecule has 0 saturated heterocycles. The van der Waals surface area contributed by atoms with Gasteiger partial charge in [0.1, 0.15) is 3.70 Å². The van der Waals surface area contributed by atoms with E-state index in [0.717, 1.165) is 33.1 Å². The van der Waals surface area contributed by atoms with Gasteiger partial charge in [0.25, 0.3) is 5.91 Å². The van der Waals surface area contributed by atoms with Crippen LogP contribution in [0.5, 0.6) is 0 Å². The number of halogens is 1. The molecular formula is C17H15IN4O. The Bertz CT molecular complexity index is 871. The Morgan fingerprint density at radius 2 is 2.17 bits per heavy atom. The molecular weight excluding hydrogens is 403 g/mol. The van der Waals surface area contributed by atoms with Crippen LogP contribution in [-0.2, 0) is 5.41 Å². The van der Waals surface area contributed by atoms with Crippen LogP contribution in [0.15, 0.2) is 42.6 Å². The minimum absolute atomic E-state index is 0.0189. The number of hydrogen-bond donors (Lipinski definition) is 2. The van der Waals surface area contributed by atoms with Crippen molar-refractivity contribution in [3.63, 3.8) is 0 Å². The van der Waals surface area contributed by atoms with Gasteiger partial charge in [-0.3, -0.25) is 14.9 Å². The van der Waals surface area contributed by atoms with Gasteiger partial charge in [-0.1, -0.05) is 6.07 Å². The summed E-state index contributed by atoms with van der Waals surface area (Å²) in [5.41, 5.74) is 2.69. The van der Waals surface area contributed by atoms with E-state index in [1.54, 1.807) is 0 Å². The molecule has 0 bridgehead atoms. The van der Waals surface area contributed by atoms with Crippen LogP contribution >= 0.6 is 22.6 Å². The molecule has 23 heavy (non-hydrogen) atoms. The summed E-state index contributed by atoms with van der Waals surface area (Å²) in [4.78, 5) is 16.9. The average molecular weight is 418 g/mol. The number of carbonyl (C=O) groups excluding carboxylic acids is 1. The molecule has 0 aliphatic heterocycles. The smallest absolute Gasteiger partial charge is 0.251 e. The van der Waals surface area contributed by atoms with Gasteiger partial charge < -0.3 is 5.32 Å². The number of nitrogens with zero attached hydrogens (tertiary/aromatic N) is 2. The zero-order valence-electron chi connectivity index (χ0n) is 12.3. The molecule has 1 aromatic carbocycles. The molecule has 0 spiro atoms. The highest BCUT2D eigenvalue weighted by Crippen LogP contribution is 2.46. The van der Waals surface area contributed by atoms with E-state index >= 15 is 0 Å². The number of pyridine rings is 1. The number of H-pyrrole nitrogens is 1. The summed E-state index contributed by atoms with van der Waals surface area (Å²) in [6.07, 6.45) is 3.96. The number of fused-ring (bicyclic) bond motifs is 1. The molecule has 4 rings (SSSR count). The fourth-order valence-corrected chi connectivity index (χ4v) is 3.39. The van der Waals surface area contributed by atoms with Crippen LogP contribution in [0.3, 0.4) is 0 Å². The normalized spacial score (nSPS) is 15.5. The third-order valence-electron chi connectivity index (χ3n) is 4.43. The van der Waals surface area contributed by atoms with Crippen LogP contribution in [0.2, 0.25) is 0 Å². The quantitative estimate of drug-likeness (QED) is 0.640. The monoisotopic (exact) mass is 418 g/mol. The molecule has 6 heteroatoms. The van der Waals surface area contributed by atoms with Gasteiger partial charge in [-0.05, 0) is 65.8 Å². The summed E-state index contributed by atoms with van der Waals surface area (Å²) in [5.74, 6) is -0.0499. The summed E-state index contributed by atoms with van der Waals surface area (Å²) in [7, 11) is 0. The minimum Gasteiger partial charge on any atom is -0.351 e. The lowest BCUT2D eigenvalue weighted by molar-refractivity contribution is 0.0949. The number of aromatic nitrogens is 3.